The normalized spacial score (nSPS) is 33.2. The number of hydrogen-bond acceptors (Lipinski definition) is 13. The van der Waals surface area contributed by atoms with Gasteiger partial charge in [0.25, 0.3) is 0 Å². The highest BCUT2D eigenvalue weighted by Gasteiger charge is 2.81. The molecule has 1 aliphatic carbocycles. The topological polar surface area (TPSA) is 171 Å². The lowest BCUT2D eigenvalue weighted by Crippen LogP contribution is -2.81. The molecular weight excluding hydrogens is 920 g/mol. The van der Waals surface area contributed by atoms with Crippen molar-refractivity contribution in [2.45, 2.75) is 110 Å². The molecule has 14 nitrogen and oxygen atoms in total. The summed E-state index contributed by atoms with van der Waals surface area (Å²) in [7, 11) is 4.10. The summed E-state index contributed by atoms with van der Waals surface area (Å²) in [6.07, 6.45) is 5.65. The second-order valence-electron chi connectivity index (χ2n) is 20.1. The van der Waals surface area contributed by atoms with E-state index in [1.807, 2.05) is 56.3 Å². The third-order valence-corrected chi connectivity index (χ3v) is 18.3. The molecule has 6 aliphatic rings. The van der Waals surface area contributed by atoms with Gasteiger partial charge in [0, 0.05) is 93.9 Å². The summed E-state index contributed by atoms with van der Waals surface area (Å²) in [5, 5.41) is 27.3. The first-order valence-corrected chi connectivity index (χ1v) is 25.4. The molecule has 16 heteroatoms. The molecule has 1 amide bonds. The third-order valence-electron chi connectivity index (χ3n) is 16.9. The number of methoxy groups -OCH3 is 3. The second-order valence-corrected chi connectivity index (χ2v) is 21.6. The summed E-state index contributed by atoms with van der Waals surface area (Å²) < 4.78 is 24.0. The molecule has 2 bridgehead atoms. The van der Waals surface area contributed by atoms with Crippen LogP contribution >= 0.6 is 23.4 Å². The summed E-state index contributed by atoms with van der Waals surface area (Å²) in [6, 6.07) is 16.0. The number of carbonyl (C=O) groups excluding carboxylic acids is 4. The summed E-state index contributed by atoms with van der Waals surface area (Å²) in [4.78, 5) is 68.0. The van der Waals surface area contributed by atoms with Crippen LogP contribution in [0.2, 0.25) is 5.02 Å². The van der Waals surface area contributed by atoms with Gasteiger partial charge in [0.2, 0.25) is 12.0 Å². The number of nitrogens with one attached hydrogen (secondary N) is 1. The van der Waals surface area contributed by atoms with E-state index in [0.29, 0.717) is 105 Å². The number of halogens is 1. The fourth-order valence-corrected chi connectivity index (χ4v) is 15.5. The minimum atomic E-state index is -2.56. The molecule has 6 heterocycles. The van der Waals surface area contributed by atoms with Gasteiger partial charge in [0.15, 0.2) is 6.10 Å². The Kier molecular flexibility index (Phi) is 12.1. The van der Waals surface area contributed by atoms with Gasteiger partial charge < -0.3 is 39.0 Å². The lowest BCUT2D eigenvalue weighted by molar-refractivity contribution is -0.228. The Morgan fingerprint density at radius 2 is 1.74 bits per heavy atom. The largest absolute Gasteiger partial charge is 0.496 e. The molecule has 1 unspecified atom stereocenters. The fraction of sp³-hybridized carbons (Fsp3) is 0.509. The molecule has 366 valence electrons. The van der Waals surface area contributed by atoms with Gasteiger partial charge in [-0.25, -0.2) is 4.79 Å². The Labute approximate surface area is 411 Å². The number of carbonyl (C=O) groups is 4. The molecule has 10 atom stereocenters. The number of fused-ring (bicyclic) bond motifs is 6. The number of nitrogens with zero attached hydrogens (tertiary/aromatic N) is 3. The van der Waals surface area contributed by atoms with Crippen molar-refractivity contribution in [2.24, 2.45) is 11.3 Å². The molecule has 1 spiro atoms. The molecule has 1 aromatic heterocycles. The van der Waals surface area contributed by atoms with Crippen LogP contribution in [0.25, 0.3) is 10.9 Å². The molecule has 3 aromatic carbocycles. The molecule has 2 saturated heterocycles. The SMILES string of the molecule is CC[C@]1(O)C[C@H]2CN(CCc3c([nH]c4ccc(SCc5ccccc5Cl)cc34)[C@@](C(=O)OC)(c3cc4c(cc3OC)N(C=O)[C@H]3[C@@](O)(C(=O)OC)[C@H](OC(C)=O)[C@]5(CC)C=CCN6CC[C@]43[C@@H]65)C2)C1. The molecule has 0 radical (unpaired) electrons. The van der Waals surface area contributed by atoms with Crippen molar-refractivity contribution in [2.75, 3.05) is 59.0 Å². The van der Waals surface area contributed by atoms with Crippen LogP contribution < -0.4 is 9.64 Å². The number of anilines is 1. The van der Waals surface area contributed by atoms with E-state index in [-0.39, 0.29) is 18.1 Å². The maximum Gasteiger partial charge on any atom is 0.344 e. The molecule has 5 aliphatic heterocycles. The predicted octanol–water partition coefficient (Wildman–Crippen LogP) is 6.46. The number of hydrogen-bond donors (Lipinski definition) is 3. The average Bonchev–Trinajstić information content (AvgIpc) is 4.02. The monoisotopic (exact) mass is 980 g/mol. The number of aliphatic hydroxyl groups is 2. The molecule has 10 rings (SSSR count). The van der Waals surface area contributed by atoms with E-state index in [2.05, 4.69) is 33.0 Å². The van der Waals surface area contributed by atoms with E-state index in [1.165, 1.54) is 33.2 Å². The number of esters is 3. The van der Waals surface area contributed by atoms with Crippen LogP contribution in [-0.2, 0) is 56.4 Å². The van der Waals surface area contributed by atoms with E-state index in [0.717, 1.165) is 26.9 Å². The zero-order chi connectivity index (χ0) is 48.8. The number of thioether (sulfide) groups is 1. The molecule has 3 fully saturated rings. The van der Waals surface area contributed by atoms with Gasteiger partial charge in [0.1, 0.15) is 11.2 Å². The van der Waals surface area contributed by atoms with Crippen molar-refractivity contribution in [1.29, 1.82) is 0 Å². The predicted molar refractivity (Wildman–Crippen MR) is 262 cm³/mol. The number of benzene rings is 3. The van der Waals surface area contributed by atoms with E-state index in [9.17, 15) is 24.6 Å². The molecule has 4 aromatic rings. The highest BCUT2D eigenvalue weighted by atomic mass is 35.5. The number of aromatic amines is 1. The fourth-order valence-electron chi connectivity index (χ4n) is 14.3. The van der Waals surface area contributed by atoms with Crippen LogP contribution in [0.3, 0.4) is 0 Å². The Bertz CT molecular complexity index is 2780. The molecular formula is C53H61ClN4O10S. The van der Waals surface area contributed by atoms with Gasteiger partial charge in [-0.05, 0) is 98.0 Å². The van der Waals surface area contributed by atoms with Crippen molar-refractivity contribution in [3.63, 3.8) is 0 Å². The maximum atomic E-state index is 15.7. The lowest BCUT2D eigenvalue weighted by Gasteiger charge is -2.63. The standard InChI is InChI=1S/C53H61ClN4O10S/c1-7-49(63)25-32-26-52(47(61)66-5,43-35(16-20-56(27-32)29-49)36-22-34(14-15-40(36)55-43)69-28-33-12-9-10-13-39(33)54)38-23-37-41(24-42(38)65-4)58(30-59)45-51(37)18-21-57-19-11-17-50(8-2,44(51)57)46(68-31(3)60)53(45,64)48(62)67-6/h9-15,17,22-24,30,32,44-46,55,63-64H,7-8,16,18-21,25-29H2,1-6H3/t32-,44+,45-,46-,49+,50-,51-,52+,53+/m1/s1. The number of amides is 1. The van der Waals surface area contributed by atoms with E-state index in [4.69, 9.17) is 30.5 Å². The van der Waals surface area contributed by atoms with Crippen LogP contribution in [0.1, 0.15) is 80.8 Å². The first kappa shape index (κ1) is 47.8. The summed E-state index contributed by atoms with van der Waals surface area (Å²) >= 11 is 8.26. The Morgan fingerprint density at radius 1 is 0.957 bits per heavy atom. The van der Waals surface area contributed by atoms with Crippen molar-refractivity contribution >= 4 is 64.3 Å². The van der Waals surface area contributed by atoms with Crippen molar-refractivity contribution in [1.82, 2.24) is 14.8 Å². The van der Waals surface area contributed by atoms with Crippen LogP contribution in [0.4, 0.5) is 5.69 Å². The van der Waals surface area contributed by atoms with Crippen molar-refractivity contribution in [3.8, 4) is 5.75 Å². The summed E-state index contributed by atoms with van der Waals surface area (Å²) in [5.74, 6) is -1.51. The number of H-pyrrole nitrogens is 1. The third kappa shape index (κ3) is 6.88. The smallest absolute Gasteiger partial charge is 0.344 e. The van der Waals surface area contributed by atoms with Gasteiger partial charge >= 0.3 is 17.9 Å². The Balaban J connectivity index is 1.25. The molecule has 3 N–H and O–H groups in total. The van der Waals surface area contributed by atoms with Gasteiger partial charge in [-0.1, -0.05) is 55.8 Å². The first-order valence-electron chi connectivity index (χ1n) is 24.0. The number of aromatic nitrogens is 1. The van der Waals surface area contributed by atoms with Crippen molar-refractivity contribution < 1.29 is 48.3 Å². The summed E-state index contributed by atoms with van der Waals surface area (Å²) in [6.45, 7) is 8.03. The van der Waals surface area contributed by atoms with Gasteiger partial charge in [-0.3, -0.25) is 24.2 Å². The Morgan fingerprint density at radius 3 is 2.43 bits per heavy atom. The van der Waals surface area contributed by atoms with E-state index >= 15 is 4.79 Å². The van der Waals surface area contributed by atoms with Gasteiger partial charge in [-0.15, -0.1) is 11.8 Å². The van der Waals surface area contributed by atoms with Crippen LogP contribution in [0.15, 0.2) is 71.6 Å². The lowest BCUT2D eigenvalue weighted by atomic mass is 9.47. The minimum Gasteiger partial charge on any atom is -0.496 e. The second kappa shape index (κ2) is 17.4. The number of ether oxygens (including phenoxy) is 4. The Hall–Kier alpha value is -4.90. The average molecular weight is 982 g/mol. The molecule has 69 heavy (non-hydrogen) atoms. The van der Waals surface area contributed by atoms with Crippen LogP contribution in [-0.4, -0.2) is 133 Å². The number of piperidine rings is 1. The zero-order valence-electron chi connectivity index (χ0n) is 40.0. The number of rotatable bonds is 11. The first-order chi connectivity index (χ1) is 33.1. The highest BCUT2D eigenvalue weighted by molar-refractivity contribution is 7.98. The molecule has 1 saturated carbocycles. The zero-order valence-corrected chi connectivity index (χ0v) is 41.6. The minimum absolute atomic E-state index is 0.195. The van der Waals surface area contributed by atoms with Crippen molar-refractivity contribution in [3.05, 3.63) is 99.7 Å². The van der Waals surface area contributed by atoms with E-state index < -0.39 is 63.5 Å². The van der Waals surface area contributed by atoms with E-state index in [1.54, 1.807) is 17.8 Å². The maximum absolute atomic E-state index is 15.7. The summed E-state index contributed by atoms with van der Waals surface area (Å²) in [5.41, 5.74) is -2.45. The highest BCUT2D eigenvalue weighted by Crippen LogP contribution is 2.68. The van der Waals surface area contributed by atoms with Gasteiger partial charge in [0.05, 0.1) is 38.7 Å². The quantitative estimate of drug-likeness (QED) is 0.0492. The van der Waals surface area contributed by atoms with Crippen LogP contribution in [0, 0.1) is 11.3 Å². The van der Waals surface area contributed by atoms with Gasteiger partial charge in [-0.2, -0.15) is 0 Å². The van der Waals surface area contributed by atoms with Crippen LogP contribution in [0.5, 0.6) is 5.75 Å².